The number of amidine groups is 1. The van der Waals surface area contributed by atoms with Gasteiger partial charge < -0.3 is 9.50 Å². The molecule has 0 radical (unpaired) electrons. The molecule has 1 fully saturated rings. The summed E-state index contributed by atoms with van der Waals surface area (Å²) in [4.78, 5) is 11.2. The summed E-state index contributed by atoms with van der Waals surface area (Å²) in [7, 11) is -4.00. The number of carbonyl (C=O) groups is 1. The Balaban J connectivity index is 1.80. The van der Waals surface area contributed by atoms with Gasteiger partial charge in [-0.05, 0) is 35.2 Å². The molecule has 1 aliphatic heterocycles. The predicted molar refractivity (Wildman–Crippen MR) is 115 cm³/mol. The van der Waals surface area contributed by atoms with E-state index in [0.717, 1.165) is 5.56 Å². The summed E-state index contributed by atoms with van der Waals surface area (Å²) in [5, 5.41) is 10.8. The van der Waals surface area contributed by atoms with Crippen LogP contribution in [0.15, 0.2) is 63.6 Å². The van der Waals surface area contributed by atoms with Crippen LogP contribution in [0.3, 0.4) is 0 Å². The fourth-order valence-electron chi connectivity index (χ4n) is 2.47. The van der Waals surface area contributed by atoms with Crippen molar-refractivity contribution in [3.05, 3.63) is 59.7 Å². The van der Waals surface area contributed by atoms with E-state index >= 15 is 0 Å². The Bertz CT molecular complexity index is 1070. The predicted octanol–water partition coefficient (Wildman–Crippen LogP) is 3.30. The molecule has 152 valence electrons. The molecule has 0 aromatic heterocycles. The Morgan fingerprint density at radius 2 is 1.79 bits per heavy atom. The lowest BCUT2D eigenvalue weighted by molar-refractivity contribution is -0.116. The Hall–Kier alpha value is -2.65. The molecule has 0 atom stereocenters. The molecule has 2 aromatic rings. The third kappa shape index (κ3) is 5.45. The standard InChI is InChI=1S/C20H21N3O4S2/c1-20(2,3)15-8-10-16(11-9-15)29(25,26)27-17-7-5-4-6-14(17)12-21-23-19-22-18(24)13-28-19/h4-12H,13H2,1-3H3,(H,22,23,24)/b21-12-. The van der Waals surface area contributed by atoms with Crippen LogP contribution in [0.1, 0.15) is 31.9 Å². The maximum Gasteiger partial charge on any atom is 0.339 e. The number of benzene rings is 2. The van der Waals surface area contributed by atoms with Crippen molar-refractivity contribution in [1.82, 2.24) is 5.32 Å². The third-order valence-corrected chi connectivity index (χ3v) is 6.17. The van der Waals surface area contributed by atoms with Crippen LogP contribution in [0.25, 0.3) is 0 Å². The fourth-order valence-corrected chi connectivity index (χ4v) is 4.06. The first-order chi connectivity index (χ1) is 13.6. The lowest BCUT2D eigenvalue weighted by Crippen LogP contribution is -2.19. The van der Waals surface area contributed by atoms with Crippen LogP contribution in [0.4, 0.5) is 0 Å². The second-order valence-electron chi connectivity index (χ2n) is 7.34. The third-order valence-electron chi connectivity index (χ3n) is 4.06. The van der Waals surface area contributed by atoms with Crippen molar-refractivity contribution >= 4 is 39.2 Å². The van der Waals surface area contributed by atoms with Crippen LogP contribution >= 0.6 is 11.8 Å². The van der Waals surface area contributed by atoms with Crippen molar-refractivity contribution in [3.63, 3.8) is 0 Å². The Morgan fingerprint density at radius 3 is 2.41 bits per heavy atom. The molecule has 3 rings (SSSR count). The van der Waals surface area contributed by atoms with E-state index in [-0.39, 0.29) is 22.0 Å². The Kier molecular flexibility index (Phi) is 6.09. The molecule has 0 bridgehead atoms. The molecule has 1 amide bonds. The number of hydrogen-bond donors (Lipinski definition) is 1. The monoisotopic (exact) mass is 431 g/mol. The summed E-state index contributed by atoms with van der Waals surface area (Å²) >= 11 is 1.25. The molecule has 7 nitrogen and oxygen atoms in total. The van der Waals surface area contributed by atoms with E-state index in [1.165, 1.54) is 18.0 Å². The minimum atomic E-state index is -4.00. The average molecular weight is 432 g/mol. The van der Waals surface area contributed by atoms with Gasteiger partial charge in [0, 0.05) is 5.56 Å². The van der Waals surface area contributed by atoms with Gasteiger partial charge >= 0.3 is 10.1 Å². The first-order valence-electron chi connectivity index (χ1n) is 8.83. The van der Waals surface area contributed by atoms with E-state index in [1.54, 1.807) is 48.5 Å². The van der Waals surface area contributed by atoms with Gasteiger partial charge in [-0.25, -0.2) is 0 Å². The second-order valence-corrected chi connectivity index (χ2v) is 9.85. The maximum absolute atomic E-state index is 12.7. The maximum atomic E-state index is 12.7. The number of carbonyl (C=O) groups excluding carboxylic acids is 1. The minimum absolute atomic E-state index is 0.0718. The van der Waals surface area contributed by atoms with E-state index in [2.05, 4.69) is 36.3 Å². The lowest BCUT2D eigenvalue weighted by Gasteiger charge is -2.19. The first-order valence-corrected chi connectivity index (χ1v) is 11.2. The number of para-hydroxylation sites is 1. The Labute approximate surface area is 174 Å². The van der Waals surface area contributed by atoms with Gasteiger partial charge in [-0.15, -0.1) is 5.10 Å². The van der Waals surface area contributed by atoms with Crippen LogP contribution in [0.5, 0.6) is 5.75 Å². The molecule has 1 heterocycles. The molecule has 0 spiro atoms. The SMILES string of the molecule is CC(C)(C)c1ccc(S(=O)(=O)Oc2ccccc2/C=N\N=C2\NC(=O)CS2)cc1. The summed E-state index contributed by atoms with van der Waals surface area (Å²) in [5.41, 5.74) is 1.39. The number of nitrogens with one attached hydrogen (secondary N) is 1. The number of rotatable bonds is 5. The molecule has 0 saturated carbocycles. The van der Waals surface area contributed by atoms with Crippen molar-refractivity contribution in [2.24, 2.45) is 10.2 Å². The average Bonchev–Trinajstić information content (AvgIpc) is 3.07. The lowest BCUT2D eigenvalue weighted by atomic mass is 9.87. The summed E-state index contributed by atoms with van der Waals surface area (Å²) in [6.45, 7) is 6.17. The van der Waals surface area contributed by atoms with Gasteiger partial charge in [0.05, 0.1) is 12.0 Å². The van der Waals surface area contributed by atoms with Gasteiger partial charge in [-0.2, -0.15) is 13.5 Å². The van der Waals surface area contributed by atoms with Gasteiger partial charge in [0.25, 0.3) is 0 Å². The van der Waals surface area contributed by atoms with Crippen LogP contribution in [0, 0.1) is 0 Å². The zero-order valence-corrected chi connectivity index (χ0v) is 17.9. The number of amides is 1. The molecule has 1 saturated heterocycles. The largest absolute Gasteiger partial charge is 0.378 e. The van der Waals surface area contributed by atoms with Crippen molar-refractivity contribution in [3.8, 4) is 5.75 Å². The highest BCUT2D eigenvalue weighted by Gasteiger charge is 2.20. The number of thioether (sulfide) groups is 1. The highest BCUT2D eigenvalue weighted by atomic mass is 32.2. The minimum Gasteiger partial charge on any atom is -0.378 e. The smallest absolute Gasteiger partial charge is 0.339 e. The normalized spacial score (nSPS) is 16.4. The van der Waals surface area contributed by atoms with Gasteiger partial charge in [0.1, 0.15) is 4.90 Å². The summed E-state index contributed by atoms with van der Waals surface area (Å²) < 4.78 is 30.7. The van der Waals surface area contributed by atoms with E-state index in [1.807, 2.05) is 0 Å². The summed E-state index contributed by atoms with van der Waals surface area (Å²) in [6.07, 6.45) is 1.38. The Morgan fingerprint density at radius 1 is 1.10 bits per heavy atom. The van der Waals surface area contributed by atoms with Crippen molar-refractivity contribution in [2.75, 3.05) is 5.75 Å². The highest BCUT2D eigenvalue weighted by molar-refractivity contribution is 8.15. The zero-order chi connectivity index (χ0) is 21.1. The summed E-state index contributed by atoms with van der Waals surface area (Å²) in [6, 6.07) is 13.3. The molecular formula is C20H21N3O4S2. The van der Waals surface area contributed by atoms with Gasteiger partial charge in [-0.1, -0.05) is 56.8 Å². The van der Waals surface area contributed by atoms with Crippen molar-refractivity contribution < 1.29 is 17.4 Å². The number of nitrogens with zero attached hydrogens (tertiary/aromatic N) is 2. The molecule has 0 unspecified atom stereocenters. The molecule has 29 heavy (non-hydrogen) atoms. The van der Waals surface area contributed by atoms with E-state index in [4.69, 9.17) is 4.18 Å². The van der Waals surface area contributed by atoms with E-state index in [9.17, 15) is 13.2 Å². The molecule has 0 aliphatic carbocycles. The van der Waals surface area contributed by atoms with Gasteiger partial charge in [0.15, 0.2) is 10.9 Å². The number of hydrogen-bond acceptors (Lipinski definition) is 7. The van der Waals surface area contributed by atoms with Crippen LogP contribution < -0.4 is 9.50 Å². The second kappa shape index (κ2) is 8.38. The van der Waals surface area contributed by atoms with Crippen LogP contribution in [0.2, 0.25) is 0 Å². The molecule has 1 aliphatic rings. The van der Waals surface area contributed by atoms with Gasteiger partial charge in [0.2, 0.25) is 5.91 Å². The first kappa shape index (κ1) is 21.1. The zero-order valence-electron chi connectivity index (χ0n) is 16.2. The van der Waals surface area contributed by atoms with Gasteiger partial charge in [-0.3, -0.25) is 4.79 Å². The molecule has 1 N–H and O–H groups in total. The van der Waals surface area contributed by atoms with Crippen molar-refractivity contribution in [1.29, 1.82) is 0 Å². The fraction of sp³-hybridized carbons (Fsp3) is 0.250. The molecular weight excluding hydrogens is 410 g/mol. The molecule has 9 heteroatoms. The quantitative estimate of drug-likeness (QED) is 0.445. The van der Waals surface area contributed by atoms with E-state index in [0.29, 0.717) is 16.5 Å². The molecule has 2 aromatic carbocycles. The van der Waals surface area contributed by atoms with E-state index < -0.39 is 10.1 Å². The topological polar surface area (TPSA) is 97.2 Å². The van der Waals surface area contributed by atoms with Crippen molar-refractivity contribution in [2.45, 2.75) is 31.1 Å². The highest BCUT2D eigenvalue weighted by Crippen LogP contribution is 2.26. The summed E-state index contributed by atoms with van der Waals surface area (Å²) in [5.74, 6) is 0.316. The van der Waals surface area contributed by atoms with Crippen LogP contribution in [-0.4, -0.2) is 31.5 Å². The van der Waals surface area contributed by atoms with Crippen LogP contribution in [-0.2, 0) is 20.3 Å².